The minimum absolute atomic E-state index is 0.0605. The fourth-order valence-electron chi connectivity index (χ4n) is 2.93. The number of nitrogens with one attached hydrogen (secondary N) is 2. The van der Waals surface area contributed by atoms with Gasteiger partial charge in [0.05, 0.1) is 0 Å². The van der Waals surface area contributed by atoms with Crippen molar-refractivity contribution in [3.63, 3.8) is 0 Å². The second kappa shape index (κ2) is 10.2. The highest BCUT2D eigenvalue weighted by molar-refractivity contribution is 6.31. The Hall–Kier alpha value is -2.28. The first-order valence-electron chi connectivity index (χ1n) is 9.00. The molecular weight excluding hydrogens is 372 g/mol. The van der Waals surface area contributed by atoms with Crippen molar-refractivity contribution in [2.75, 3.05) is 13.2 Å². The smallest absolute Gasteiger partial charge is 0.344 e. The number of amides is 3. The van der Waals surface area contributed by atoms with Crippen LogP contribution in [-0.4, -0.2) is 37.2 Å². The molecule has 0 unspecified atom stereocenters. The molecule has 27 heavy (non-hydrogen) atoms. The molecule has 1 fully saturated rings. The van der Waals surface area contributed by atoms with Crippen LogP contribution in [0, 0.1) is 12.8 Å². The highest BCUT2D eigenvalue weighted by atomic mass is 35.5. The van der Waals surface area contributed by atoms with Crippen LogP contribution in [0.25, 0.3) is 0 Å². The molecule has 0 spiro atoms. The van der Waals surface area contributed by atoms with Crippen molar-refractivity contribution in [2.45, 2.75) is 45.6 Å². The molecule has 2 rings (SSSR count). The number of aryl methyl sites for hydroxylation is 1. The second-order valence-corrected chi connectivity index (χ2v) is 7.16. The minimum Gasteiger partial charge on any atom is -0.482 e. The third-order valence-corrected chi connectivity index (χ3v) is 4.96. The predicted octanol–water partition coefficient (Wildman–Crippen LogP) is 2.97. The SMILES string of the molecule is Cc1cc(OCC(=O)OCC(=O)NC(=O)N[C@H]2CCCC[C@H]2C)ccc1Cl. The van der Waals surface area contributed by atoms with Gasteiger partial charge < -0.3 is 14.8 Å². The monoisotopic (exact) mass is 396 g/mol. The summed E-state index contributed by atoms with van der Waals surface area (Å²) in [6.07, 6.45) is 4.18. The van der Waals surface area contributed by atoms with Gasteiger partial charge in [-0.15, -0.1) is 0 Å². The number of hydrogen-bond acceptors (Lipinski definition) is 5. The zero-order valence-corrected chi connectivity index (χ0v) is 16.3. The Morgan fingerprint density at radius 2 is 1.93 bits per heavy atom. The quantitative estimate of drug-likeness (QED) is 0.721. The fourth-order valence-corrected chi connectivity index (χ4v) is 3.05. The van der Waals surface area contributed by atoms with E-state index in [0.717, 1.165) is 31.2 Å². The number of ether oxygens (including phenoxy) is 2. The van der Waals surface area contributed by atoms with Crippen LogP contribution < -0.4 is 15.4 Å². The number of halogens is 1. The first-order valence-corrected chi connectivity index (χ1v) is 9.38. The van der Waals surface area contributed by atoms with Gasteiger partial charge in [0, 0.05) is 11.1 Å². The van der Waals surface area contributed by atoms with Gasteiger partial charge >= 0.3 is 12.0 Å². The van der Waals surface area contributed by atoms with Gasteiger partial charge in [0.1, 0.15) is 5.75 Å². The molecule has 2 N–H and O–H groups in total. The molecule has 1 aliphatic rings. The second-order valence-electron chi connectivity index (χ2n) is 6.75. The topological polar surface area (TPSA) is 93.7 Å². The number of carbonyl (C=O) groups excluding carboxylic acids is 3. The van der Waals surface area contributed by atoms with Crippen molar-refractivity contribution in [3.05, 3.63) is 28.8 Å². The number of carbonyl (C=O) groups is 3. The van der Waals surface area contributed by atoms with Gasteiger partial charge in [0.2, 0.25) is 0 Å². The highest BCUT2D eigenvalue weighted by Gasteiger charge is 2.23. The van der Waals surface area contributed by atoms with Gasteiger partial charge in [0.15, 0.2) is 13.2 Å². The third-order valence-electron chi connectivity index (χ3n) is 4.53. The molecule has 0 aromatic heterocycles. The van der Waals surface area contributed by atoms with E-state index in [1.54, 1.807) is 18.2 Å². The first kappa shape index (κ1) is 21.0. The van der Waals surface area contributed by atoms with Crippen molar-refractivity contribution < 1.29 is 23.9 Å². The van der Waals surface area contributed by atoms with Crippen molar-refractivity contribution in [1.29, 1.82) is 0 Å². The average molecular weight is 397 g/mol. The van der Waals surface area contributed by atoms with E-state index in [-0.39, 0.29) is 12.6 Å². The number of urea groups is 1. The number of imide groups is 1. The number of benzene rings is 1. The summed E-state index contributed by atoms with van der Waals surface area (Å²) in [5.74, 6) is -0.545. The summed E-state index contributed by atoms with van der Waals surface area (Å²) in [6, 6.07) is 4.48. The Bertz CT molecular complexity index is 695. The van der Waals surface area contributed by atoms with Gasteiger partial charge in [0.25, 0.3) is 5.91 Å². The molecule has 7 nitrogen and oxygen atoms in total. The van der Waals surface area contributed by atoms with Gasteiger partial charge in [-0.05, 0) is 49.4 Å². The van der Waals surface area contributed by atoms with Crippen molar-refractivity contribution in [3.8, 4) is 5.75 Å². The lowest BCUT2D eigenvalue weighted by atomic mass is 9.86. The summed E-state index contributed by atoms with van der Waals surface area (Å²) >= 11 is 5.91. The molecular formula is C19H25ClN2O5. The van der Waals surface area contributed by atoms with E-state index in [9.17, 15) is 14.4 Å². The Morgan fingerprint density at radius 3 is 2.63 bits per heavy atom. The minimum atomic E-state index is -0.709. The van der Waals surface area contributed by atoms with Crippen LogP contribution in [0.1, 0.15) is 38.2 Å². The number of rotatable bonds is 6. The molecule has 0 radical (unpaired) electrons. The van der Waals surface area contributed by atoms with Crippen LogP contribution in [0.3, 0.4) is 0 Å². The van der Waals surface area contributed by atoms with Crippen LogP contribution >= 0.6 is 11.6 Å². The average Bonchev–Trinajstić information content (AvgIpc) is 2.63. The molecule has 8 heteroatoms. The van der Waals surface area contributed by atoms with Gasteiger partial charge in [-0.2, -0.15) is 0 Å². The van der Waals surface area contributed by atoms with E-state index in [1.165, 1.54) is 0 Å². The Labute approximate surface area is 163 Å². The zero-order chi connectivity index (χ0) is 19.8. The summed E-state index contributed by atoms with van der Waals surface area (Å²) in [5.41, 5.74) is 0.820. The van der Waals surface area contributed by atoms with E-state index < -0.39 is 24.5 Å². The summed E-state index contributed by atoms with van der Waals surface area (Å²) in [7, 11) is 0. The fraction of sp³-hybridized carbons (Fsp3) is 0.526. The summed E-state index contributed by atoms with van der Waals surface area (Å²) in [5, 5.41) is 5.57. The molecule has 0 aliphatic heterocycles. The Kier molecular flexibility index (Phi) is 7.91. The molecule has 3 amide bonds. The maximum Gasteiger partial charge on any atom is 0.344 e. The Morgan fingerprint density at radius 1 is 1.19 bits per heavy atom. The van der Waals surface area contributed by atoms with Gasteiger partial charge in [-0.25, -0.2) is 9.59 Å². The molecule has 1 aromatic carbocycles. The third kappa shape index (κ3) is 7.09. The molecule has 1 saturated carbocycles. The summed E-state index contributed by atoms with van der Waals surface area (Å²) < 4.78 is 10.1. The standard InChI is InChI=1S/C19H25ClN2O5/c1-12-5-3-4-6-16(12)21-19(25)22-17(23)10-27-18(24)11-26-14-7-8-15(20)13(2)9-14/h7-9,12,16H,3-6,10-11H2,1-2H3,(H2,21,22,23,25)/t12-,16+/m1/s1. The lowest BCUT2D eigenvalue weighted by molar-refractivity contribution is -0.150. The van der Waals surface area contributed by atoms with Gasteiger partial charge in [-0.1, -0.05) is 31.4 Å². The zero-order valence-electron chi connectivity index (χ0n) is 15.5. The normalized spacial score (nSPS) is 19.1. The Balaban J connectivity index is 1.65. The molecule has 0 saturated heterocycles. The van der Waals surface area contributed by atoms with E-state index in [4.69, 9.17) is 21.1 Å². The maximum atomic E-state index is 11.9. The summed E-state index contributed by atoms with van der Waals surface area (Å²) in [4.78, 5) is 35.3. The van der Waals surface area contributed by atoms with E-state index in [0.29, 0.717) is 16.7 Å². The number of hydrogen-bond donors (Lipinski definition) is 2. The van der Waals surface area contributed by atoms with Crippen LogP contribution in [0.2, 0.25) is 5.02 Å². The van der Waals surface area contributed by atoms with E-state index in [2.05, 4.69) is 17.6 Å². The molecule has 1 aromatic rings. The highest BCUT2D eigenvalue weighted by Crippen LogP contribution is 2.23. The van der Waals surface area contributed by atoms with Crippen molar-refractivity contribution >= 4 is 29.5 Å². The summed E-state index contributed by atoms with van der Waals surface area (Å²) in [6.45, 7) is 3.00. The van der Waals surface area contributed by atoms with Gasteiger partial charge in [-0.3, -0.25) is 10.1 Å². The number of esters is 1. The maximum absolute atomic E-state index is 11.9. The lowest BCUT2D eigenvalue weighted by Gasteiger charge is -2.29. The first-order chi connectivity index (χ1) is 12.8. The molecule has 0 heterocycles. The van der Waals surface area contributed by atoms with Crippen LogP contribution in [0.5, 0.6) is 5.75 Å². The molecule has 148 valence electrons. The predicted molar refractivity (Wildman–Crippen MR) is 101 cm³/mol. The van der Waals surface area contributed by atoms with Crippen LogP contribution in [0.15, 0.2) is 18.2 Å². The van der Waals surface area contributed by atoms with Crippen molar-refractivity contribution in [2.24, 2.45) is 5.92 Å². The van der Waals surface area contributed by atoms with E-state index >= 15 is 0 Å². The van der Waals surface area contributed by atoms with E-state index in [1.807, 2.05) is 6.92 Å². The molecule has 0 bridgehead atoms. The van der Waals surface area contributed by atoms with Crippen molar-refractivity contribution in [1.82, 2.24) is 10.6 Å². The lowest BCUT2D eigenvalue weighted by Crippen LogP contribution is -2.48. The molecule has 2 atom stereocenters. The molecule has 1 aliphatic carbocycles. The van der Waals surface area contributed by atoms with Crippen LogP contribution in [-0.2, 0) is 14.3 Å². The largest absolute Gasteiger partial charge is 0.482 e. The van der Waals surface area contributed by atoms with Crippen LogP contribution in [0.4, 0.5) is 4.79 Å².